The van der Waals surface area contributed by atoms with Crippen molar-refractivity contribution in [1.82, 2.24) is 15.1 Å². The number of halogens is 1. The lowest BCUT2D eigenvalue weighted by molar-refractivity contribution is -0.118. The number of hydrogen-bond donors (Lipinski definition) is 1. The molecular formula is C15H24ClN3O. The summed E-state index contributed by atoms with van der Waals surface area (Å²) in [6.45, 7) is 5.74. The number of Topliss-reactive ketones (excluding diaryl/α,β-unsaturated/α-hetero) is 1. The summed E-state index contributed by atoms with van der Waals surface area (Å²) >= 11 is 6.24. The number of rotatable bonds is 6. The molecule has 1 N–H and O–H groups in total. The van der Waals surface area contributed by atoms with Crippen LogP contribution < -0.4 is 5.32 Å². The van der Waals surface area contributed by atoms with Gasteiger partial charge in [-0.05, 0) is 39.7 Å². The molecule has 1 aliphatic heterocycles. The van der Waals surface area contributed by atoms with Crippen molar-refractivity contribution in [1.29, 1.82) is 0 Å². The molecule has 4 nitrogen and oxygen atoms in total. The van der Waals surface area contributed by atoms with Crippen molar-refractivity contribution >= 4 is 17.4 Å². The molecule has 1 aromatic heterocycles. The first-order valence-corrected chi connectivity index (χ1v) is 7.96. The van der Waals surface area contributed by atoms with E-state index in [2.05, 4.69) is 10.4 Å². The maximum atomic E-state index is 12.2. The van der Waals surface area contributed by atoms with Crippen molar-refractivity contribution in [2.75, 3.05) is 6.54 Å². The molecule has 0 aliphatic carbocycles. The Bertz CT molecular complexity index is 464. The summed E-state index contributed by atoms with van der Waals surface area (Å²) in [7, 11) is 0. The van der Waals surface area contributed by atoms with Gasteiger partial charge in [0, 0.05) is 25.4 Å². The van der Waals surface area contributed by atoms with Gasteiger partial charge >= 0.3 is 0 Å². The van der Waals surface area contributed by atoms with E-state index >= 15 is 0 Å². The highest BCUT2D eigenvalue weighted by Crippen LogP contribution is 2.22. The van der Waals surface area contributed by atoms with Crippen LogP contribution in [0.2, 0.25) is 5.02 Å². The fourth-order valence-corrected chi connectivity index (χ4v) is 3.02. The van der Waals surface area contributed by atoms with E-state index in [1.54, 1.807) is 0 Å². The Labute approximate surface area is 125 Å². The van der Waals surface area contributed by atoms with Gasteiger partial charge in [-0.25, -0.2) is 0 Å². The third-order valence-corrected chi connectivity index (χ3v) is 4.49. The van der Waals surface area contributed by atoms with Gasteiger partial charge in [0.1, 0.15) is 5.78 Å². The van der Waals surface area contributed by atoms with Crippen molar-refractivity contribution in [3.8, 4) is 0 Å². The van der Waals surface area contributed by atoms with Crippen LogP contribution in [0.15, 0.2) is 0 Å². The highest BCUT2D eigenvalue weighted by Gasteiger charge is 2.18. The number of hydrogen-bond acceptors (Lipinski definition) is 3. The third-order valence-electron chi connectivity index (χ3n) is 4.00. The number of ketones is 1. The Morgan fingerprint density at radius 2 is 2.30 bits per heavy atom. The Balaban J connectivity index is 1.87. The molecule has 5 heteroatoms. The lowest BCUT2D eigenvalue weighted by atomic mass is 9.98. The summed E-state index contributed by atoms with van der Waals surface area (Å²) in [5.41, 5.74) is 1.68. The first-order valence-electron chi connectivity index (χ1n) is 7.58. The van der Waals surface area contributed by atoms with Crippen LogP contribution in [0.3, 0.4) is 0 Å². The van der Waals surface area contributed by atoms with Crippen LogP contribution in [0.1, 0.15) is 50.4 Å². The zero-order valence-corrected chi connectivity index (χ0v) is 13.2. The van der Waals surface area contributed by atoms with Crippen molar-refractivity contribution in [3.63, 3.8) is 0 Å². The Morgan fingerprint density at radius 3 is 2.95 bits per heavy atom. The van der Waals surface area contributed by atoms with Gasteiger partial charge in [-0.2, -0.15) is 5.10 Å². The maximum Gasteiger partial charge on any atom is 0.138 e. The molecule has 0 amide bonds. The van der Waals surface area contributed by atoms with Gasteiger partial charge < -0.3 is 5.32 Å². The van der Waals surface area contributed by atoms with Crippen LogP contribution in [0.4, 0.5) is 0 Å². The van der Waals surface area contributed by atoms with Gasteiger partial charge in [0.05, 0.1) is 16.4 Å². The Hall–Kier alpha value is -0.870. The van der Waals surface area contributed by atoms with Crippen molar-refractivity contribution < 1.29 is 4.79 Å². The van der Waals surface area contributed by atoms with Gasteiger partial charge in [0.15, 0.2) is 0 Å². The zero-order valence-electron chi connectivity index (χ0n) is 12.4. The zero-order chi connectivity index (χ0) is 14.5. The molecule has 1 unspecified atom stereocenters. The van der Waals surface area contributed by atoms with Crippen LogP contribution in [0.5, 0.6) is 0 Å². The van der Waals surface area contributed by atoms with E-state index < -0.39 is 0 Å². The highest BCUT2D eigenvalue weighted by molar-refractivity contribution is 6.32. The van der Waals surface area contributed by atoms with E-state index in [-0.39, 0.29) is 5.78 Å². The fourth-order valence-electron chi connectivity index (χ4n) is 2.82. The molecule has 1 aliphatic rings. The summed E-state index contributed by atoms with van der Waals surface area (Å²) in [5.74, 6) is 0.258. The molecule has 1 atom stereocenters. The SMILES string of the molecule is CCn1nc(C)c(Cl)c1CC(=O)CCC1CCCCN1. The Morgan fingerprint density at radius 1 is 1.50 bits per heavy atom. The lowest BCUT2D eigenvalue weighted by Crippen LogP contribution is -2.34. The van der Waals surface area contributed by atoms with E-state index in [0.717, 1.165) is 30.9 Å². The molecule has 20 heavy (non-hydrogen) atoms. The number of nitrogens with one attached hydrogen (secondary N) is 1. The van der Waals surface area contributed by atoms with Crippen LogP contribution in [-0.2, 0) is 17.8 Å². The molecule has 0 radical (unpaired) electrons. The van der Waals surface area contributed by atoms with Gasteiger partial charge in [0.2, 0.25) is 0 Å². The molecule has 2 rings (SSSR count). The van der Waals surface area contributed by atoms with E-state index in [1.807, 2.05) is 18.5 Å². The molecule has 112 valence electrons. The minimum atomic E-state index is 0.258. The second kappa shape index (κ2) is 7.23. The third kappa shape index (κ3) is 3.83. The number of aryl methyl sites for hydroxylation is 2. The molecule has 2 heterocycles. The second-order valence-corrected chi connectivity index (χ2v) is 5.94. The minimum absolute atomic E-state index is 0.258. The molecule has 0 aromatic carbocycles. The van der Waals surface area contributed by atoms with Crippen molar-refractivity contribution in [2.24, 2.45) is 0 Å². The number of carbonyl (C=O) groups excluding carboxylic acids is 1. The first-order chi connectivity index (χ1) is 9.61. The fraction of sp³-hybridized carbons (Fsp3) is 0.733. The molecule has 1 fully saturated rings. The van der Waals surface area contributed by atoms with Crippen molar-refractivity contribution in [2.45, 2.75) is 65.0 Å². The van der Waals surface area contributed by atoms with E-state index in [1.165, 1.54) is 19.3 Å². The molecule has 0 saturated carbocycles. The number of aromatic nitrogens is 2. The standard InChI is InChI=1S/C15H24ClN3O/c1-3-19-14(15(16)11(2)18-19)10-13(20)8-7-12-6-4-5-9-17-12/h12,17H,3-10H2,1-2H3. The van der Waals surface area contributed by atoms with E-state index in [9.17, 15) is 4.79 Å². The molecule has 0 spiro atoms. The number of nitrogens with zero attached hydrogens (tertiary/aromatic N) is 2. The molecule has 1 saturated heterocycles. The van der Waals surface area contributed by atoms with Gasteiger partial charge in [-0.1, -0.05) is 18.0 Å². The summed E-state index contributed by atoms with van der Waals surface area (Å²) in [4.78, 5) is 12.2. The van der Waals surface area contributed by atoms with E-state index in [4.69, 9.17) is 11.6 Å². The van der Waals surface area contributed by atoms with Gasteiger partial charge in [-0.15, -0.1) is 0 Å². The predicted molar refractivity (Wildman–Crippen MR) is 81.2 cm³/mol. The molecule has 1 aromatic rings. The average Bonchev–Trinajstić information content (AvgIpc) is 2.74. The smallest absolute Gasteiger partial charge is 0.138 e. The summed E-state index contributed by atoms with van der Waals surface area (Å²) in [6.07, 6.45) is 5.70. The normalized spacial score (nSPS) is 19.2. The first kappa shape index (κ1) is 15.5. The monoisotopic (exact) mass is 297 g/mol. The van der Waals surface area contributed by atoms with Crippen molar-refractivity contribution in [3.05, 3.63) is 16.4 Å². The van der Waals surface area contributed by atoms with Crippen LogP contribution in [-0.4, -0.2) is 28.2 Å². The second-order valence-electron chi connectivity index (χ2n) is 5.56. The highest BCUT2D eigenvalue weighted by atomic mass is 35.5. The summed E-state index contributed by atoms with van der Waals surface area (Å²) < 4.78 is 1.84. The van der Waals surface area contributed by atoms with E-state index in [0.29, 0.717) is 23.9 Å². The Kier molecular flexibility index (Phi) is 5.61. The largest absolute Gasteiger partial charge is 0.314 e. The van der Waals surface area contributed by atoms with Gasteiger partial charge in [0.25, 0.3) is 0 Å². The van der Waals surface area contributed by atoms with Crippen LogP contribution >= 0.6 is 11.6 Å². The average molecular weight is 298 g/mol. The topological polar surface area (TPSA) is 46.9 Å². The molecule has 0 bridgehead atoms. The summed E-state index contributed by atoms with van der Waals surface area (Å²) in [5, 5.41) is 8.48. The minimum Gasteiger partial charge on any atom is -0.314 e. The number of piperidine rings is 1. The van der Waals surface area contributed by atoms with Crippen LogP contribution in [0, 0.1) is 6.92 Å². The number of carbonyl (C=O) groups is 1. The van der Waals surface area contributed by atoms with Gasteiger partial charge in [-0.3, -0.25) is 9.48 Å². The van der Waals surface area contributed by atoms with Crippen LogP contribution in [0.25, 0.3) is 0 Å². The lowest BCUT2D eigenvalue weighted by Gasteiger charge is -2.23. The molecular weight excluding hydrogens is 274 g/mol. The summed E-state index contributed by atoms with van der Waals surface area (Å²) in [6, 6.07) is 0.515. The maximum absolute atomic E-state index is 12.2. The quantitative estimate of drug-likeness (QED) is 0.878. The predicted octanol–water partition coefficient (Wildman–Crippen LogP) is 2.90.